The Hall–Kier alpha value is -1.59. The van der Waals surface area contributed by atoms with Gasteiger partial charge in [-0.15, -0.1) is 0 Å². The maximum atomic E-state index is 8.97. The summed E-state index contributed by atoms with van der Waals surface area (Å²) < 4.78 is 5.27. The maximum Gasteiger partial charge on any atom is 0.191 e. The first-order valence-corrected chi connectivity index (χ1v) is 6.61. The molecule has 0 spiro atoms. The lowest BCUT2D eigenvalue weighted by Gasteiger charge is -2.27. The van der Waals surface area contributed by atoms with Gasteiger partial charge in [-0.25, -0.2) is 0 Å². The Bertz CT molecular complexity index is 411. The van der Waals surface area contributed by atoms with Gasteiger partial charge in [-0.3, -0.25) is 4.99 Å². The highest BCUT2D eigenvalue weighted by Crippen LogP contribution is 2.05. The molecule has 0 atom stereocenters. The van der Waals surface area contributed by atoms with Crippen LogP contribution in [0.5, 0.6) is 0 Å². The number of hydrogen-bond donors (Lipinski definition) is 2. The Morgan fingerprint density at radius 3 is 2.47 bits per heavy atom. The van der Waals surface area contributed by atoms with Gasteiger partial charge in [-0.2, -0.15) is 0 Å². The van der Waals surface area contributed by atoms with Crippen LogP contribution in [0.3, 0.4) is 0 Å². The van der Waals surface area contributed by atoms with Crippen molar-refractivity contribution in [2.75, 3.05) is 32.8 Å². The van der Waals surface area contributed by atoms with E-state index in [1.807, 2.05) is 24.3 Å². The number of aliphatic imine (C=N–C) groups is 1. The van der Waals surface area contributed by atoms with Gasteiger partial charge in [-0.05, 0) is 17.5 Å². The van der Waals surface area contributed by atoms with Crippen LogP contribution in [-0.2, 0) is 17.8 Å². The fraction of sp³-hybridized carbons (Fsp3) is 0.500. The number of nitrogens with two attached hydrogens (primary N) is 1. The van der Waals surface area contributed by atoms with Gasteiger partial charge in [0.1, 0.15) is 0 Å². The normalized spacial score (nSPS) is 16.7. The van der Waals surface area contributed by atoms with Gasteiger partial charge < -0.3 is 20.5 Å². The highest BCUT2D eigenvalue weighted by molar-refractivity contribution is 5.78. The van der Waals surface area contributed by atoms with E-state index >= 15 is 0 Å². The fourth-order valence-corrected chi connectivity index (χ4v) is 2.00. The van der Waals surface area contributed by atoms with Crippen LogP contribution in [0.15, 0.2) is 29.3 Å². The molecule has 104 valence electrons. The summed E-state index contributed by atoms with van der Waals surface area (Å²) in [5.41, 5.74) is 8.08. The highest BCUT2D eigenvalue weighted by Gasteiger charge is 2.11. The largest absolute Gasteiger partial charge is 0.392 e. The number of nitrogens with zero attached hydrogens (tertiary/aromatic N) is 2. The smallest absolute Gasteiger partial charge is 0.191 e. The van der Waals surface area contributed by atoms with Crippen LogP contribution in [0.2, 0.25) is 0 Å². The van der Waals surface area contributed by atoms with Gasteiger partial charge in [0.25, 0.3) is 0 Å². The molecule has 2 rings (SSSR count). The molecule has 0 radical (unpaired) electrons. The topological polar surface area (TPSA) is 71.1 Å². The molecule has 1 heterocycles. The summed E-state index contributed by atoms with van der Waals surface area (Å²) >= 11 is 0. The lowest BCUT2D eigenvalue weighted by molar-refractivity contribution is 0.0674. The van der Waals surface area contributed by atoms with Crippen LogP contribution in [0.4, 0.5) is 0 Å². The van der Waals surface area contributed by atoms with Crippen LogP contribution in [0, 0.1) is 0 Å². The van der Waals surface area contributed by atoms with Crippen LogP contribution in [0.25, 0.3) is 0 Å². The Labute approximate surface area is 113 Å². The van der Waals surface area contributed by atoms with E-state index in [9.17, 15) is 0 Å². The fourth-order valence-electron chi connectivity index (χ4n) is 2.00. The molecule has 0 unspecified atom stereocenters. The molecule has 1 aliphatic heterocycles. The van der Waals surface area contributed by atoms with Crippen molar-refractivity contribution in [2.45, 2.75) is 13.0 Å². The second kappa shape index (κ2) is 7.11. The van der Waals surface area contributed by atoms with Gasteiger partial charge in [0.05, 0.1) is 19.8 Å². The van der Waals surface area contributed by atoms with E-state index in [2.05, 4.69) is 9.89 Å². The van der Waals surface area contributed by atoms with Crippen LogP contribution in [-0.4, -0.2) is 48.8 Å². The van der Waals surface area contributed by atoms with Crippen molar-refractivity contribution < 1.29 is 9.84 Å². The van der Waals surface area contributed by atoms with E-state index in [-0.39, 0.29) is 6.61 Å². The van der Waals surface area contributed by atoms with Crippen molar-refractivity contribution in [3.05, 3.63) is 35.4 Å². The summed E-state index contributed by atoms with van der Waals surface area (Å²) in [4.78, 5) is 6.46. The first-order chi connectivity index (χ1) is 9.29. The van der Waals surface area contributed by atoms with Crippen LogP contribution >= 0.6 is 0 Å². The molecule has 19 heavy (non-hydrogen) atoms. The zero-order valence-corrected chi connectivity index (χ0v) is 11.1. The molecule has 1 saturated heterocycles. The molecule has 0 saturated carbocycles. The quantitative estimate of drug-likeness (QED) is 0.608. The second-order valence-corrected chi connectivity index (χ2v) is 4.56. The van der Waals surface area contributed by atoms with E-state index in [0.29, 0.717) is 12.5 Å². The number of rotatable bonds is 4. The molecule has 5 nitrogen and oxygen atoms in total. The van der Waals surface area contributed by atoms with Crippen molar-refractivity contribution in [1.82, 2.24) is 4.90 Å². The Morgan fingerprint density at radius 1 is 1.21 bits per heavy atom. The minimum atomic E-state index is 0.0857. The molecule has 0 aliphatic carbocycles. The number of benzene rings is 1. The van der Waals surface area contributed by atoms with Gasteiger partial charge in [0.15, 0.2) is 5.96 Å². The van der Waals surface area contributed by atoms with Gasteiger partial charge >= 0.3 is 0 Å². The van der Waals surface area contributed by atoms with Crippen molar-refractivity contribution >= 4 is 5.96 Å². The Morgan fingerprint density at radius 2 is 1.84 bits per heavy atom. The van der Waals surface area contributed by atoms with E-state index in [1.165, 1.54) is 5.56 Å². The van der Waals surface area contributed by atoms with Gasteiger partial charge in [-0.1, -0.05) is 24.3 Å². The number of morpholine rings is 1. The third-order valence-corrected chi connectivity index (χ3v) is 3.21. The van der Waals surface area contributed by atoms with E-state index in [0.717, 1.165) is 38.3 Å². The molecule has 0 aromatic heterocycles. The molecule has 1 fully saturated rings. The Balaban J connectivity index is 1.80. The van der Waals surface area contributed by atoms with Crippen molar-refractivity contribution in [1.29, 1.82) is 0 Å². The van der Waals surface area contributed by atoms with Gasteiger partial charge in [0, 0.05) is 19.6 Å². The zero-order valence-electron chi connectivity index (χ0n) is 11.1. The Kier molecular flexibility index (Phi) is 5.18. The SMILES string of the molecule is NC(=NCCc1ccc(CO)cc1)N1CCOCC1. The number of aliphatic hydroxyl groups is 1. The third-order valence-electron chi connectivity index (χ3n) is 3.21. The predicted octanol–water partition coefficient (Wildman–Crippen LogP) is 0.368. The molecular weight excluding hydrogens is 242 g/mol. The van der Waals surface area contributed by atoms with E-state index < -0.39 is 0 Å². The number of guanidine groups is 1. The first kappa shape index (κ1) is 13.8. The molecular formula is C14H21N3O2. The molecule has 0 amide bonds. The average molecular weight is 263 g/mol. The second-order valence-electron chi connectivity index (χ2n) is 4.56. The van der Waals surface area contributed by atoms with Crippen molar-refractivity contribution in [3.63, 3.8) is 0 Å². The van der Waals surface area contributed by atoms with Gasteiger partial charge in [0.2, 0.25) is 0 Å². The minimum Gasteiger partial charge on any atom is -0.392 e. The first-order valence-electron chi connectivity index (χ1n) is 6.61. The summed E-state index contributed by atoms with van der Waals surface area (Å²) in [6.07, 6.45) is 0.858. The summed E-state index contributed by atoms with van der Waals surface area (Å²) in [6.45, 7) is 3.85. The molecule has 3 N–H and O–H groups in total. The number of aliphatic hydroxyl groups excluding tert-OH is 1. The standard InChI is InChI=1S/C14H21N3O2/c15-14(17-7-9-19-10-8-17)16-6-5-12-1-3-13(11-18)4-2-12/h1-4,18H,5-11H2,(H2,15,16). The summed E-state index contributed by atoms with van der Waals surface area (Å²) in [7, 11) is 0. The summed E-state index contributed by atoms with van der Waals surface area (Å²) in [6, 6.07) is 7.91. The third kappa shape index (κ3) is 4.22. The lowest BCUT2D eigenvalue weighted by Crippen LogP contribution is -2.44. The molecule has 1 aliphatic rings. The van der Waals surface area contributed by atoms with Crippen LogP contribution in [0.1, 0.15) is 11.1 Å². The number of hydrogen-bond acceptors (Lipinski definition) is 3. The van der Waals surface area contributed by atoms with Crippen molar-refractivity contribution in [2.24, 2.45) is 10.7 Å². The molecule has 1 aromatic rings. The molecule has 5 heteroatoms. The van der Waals surface area contributed by atoms with E-state index in [1.54, 1.807) is 0 Å². The number of ether oxygens (including phenoxy) is 1. The summed E-state index contributed by atoms with van der Waals surface area (Å²) in [5, 5.41) is 8.97. The van der Waals surface area contributed by atoms with Crippen molar-refractivity contribution in [3.8, 4) is 0 Å². The maximum absolute atomic E-state index is 8.97. The molecule has 1 aromatic carbocycles. The highest BCUT2D eigenvalue weighted by atomic mass is 16.5. The summed E-state index contributed by atoms with van der Waals surface area (Å²) in [5.74, 6) is 0.607. The minimum absolute atomic E-state index is 0.0857. The lowest BCUT2D eigenvalue weighted by atomic mass is 10.1. The van der Waals surface area contributed by atoms with Crippen LogP contribution < -0.4 is 5.73 Å². The monoisotopic (exact) mass is 263 g/mol. The average Bonchev–Trinajstić information content (AvgIpc) is 2.49. The zero-order chi connectivity index (χ0) is 13.5. The molecule has 0 bridgehead atoms. The van der Waals surface area contributed by atoms with E-state index in [4.69, 9.17) is 15.6 Å². The predicted molar refractivity (Wildman–Crippen MR) is 75.0 cm³/mol.